The van der Waals surface area contributed by atoms with Gasteiger partial charge in [-0.3, -0.25) is 0 Å². The Morgan fingerprint density at radius 1 is 1.14 bits per heavy atom. The molecule has 0 aliphatic rings. The zero-order valence-corrected chi connectivity index (χ0v) is 12.5. The van der Waals surface area contributed by atoms with Crippen LogP contribution < -0.4 is 0 Å². The smallest absolute Gasteiger partial charge is 0.170 e. The molecule has 6 heteroatoms. The number of hydrogen-bond donors (Lipinski definition) is 3. The summed E-state index contributed by atoms with van der Waals surface area (Å²) < 4.78 is 0. The summed E-state index contributed by atoms with van der Waals surface area (Å²) in [6, 6.07) is 7.90. The molecular weight excluding hydrogens is 284 g/mol. The highest BCUT2D eigenvalue weighted by Gasteiger charge is 2.20. The molecule has 5 nitrogen and oxygen atoms in total. The largest absolute Gasteiger partial charge is 0.385 e. The van der Waals surface area contributed by atoms with Crippen LogP contribution in [0.25, 0.3) is 32.6 Å². The molecule has 0 bridgehead atoms. The highest BCUT2D eigenvalue weighted by atomic mass is 32.1. The Kier molecular flexibility index (Phi) is 2.49. The molecule has 3 N–H and O–H groups in total. The van der Waals surface area contributed by atoms with E-state index in [-0.39, 0.29) is 0 Å². The number of thiophene rings is 1. The second kappa shape index (κ2) is 4.16. The first-order valence-corrected chi connectivity index (χ1v) is 7.49. The summed E-state index contributed by atoms with van der Waals surface area (Å²) in [5.41, 5.74) is 1.92. The van der Waals surface area contributed by atoms with Crippen LogP contribution in [0.1, 0.15) is 18.7 Å². The van der Waals surface area contributed by atoms with Crippen molar-refractivity contribution in [3.05, 3.63) is 35.3 Å². The summed E-state index contributed by atoms with van der Waals surface area (Å²) in [4.78, 5) is 11.1. The van der Waals surface area contributed by atoms with Crippen molar-refractivity contribution in [2.75, 3.05) is 0 Å². The molecule has 1 aromatic carbocycles. The fourth-order valence-corrected chi connectivity index (χ4v) is 3.28. The fraction of sp³-hybridized carbons (Fsp3) is 0.200. The van der Waals surface area contributed by atoms with Gasteiger partial charge in [-0.15, -0.1) is 11.3 Å². The number of aromatic nitrogens is 4. The van der Waals surface area contributed by atoms with Gasteiger partial charge in [0.1, 0.15) is 0 Å². The summed E-state index contributed by atoms with van der Waals surface area (Å²) >= 11 is 1.53. The second-order valence-electron chi connectivity index (χ2n) is 5.61. The van der Waals surface area contributed by atoms with E-state index in [9.17, 15) is 5.11 Å². The summed E-state index contributed by atoms with van der Waals surface area (Å²) in [5.74, 6) is 0.710. The molecule has 0 atom stereocenters. The monoisotopic (exact) mass is 298 g/mol. The molecule has 0 saturated heterocycles. The maximum Gasteiger partial charge on any atom is 0.170 e. The Bertz CT molecular complexity index is 893. The molecule has 0 aliphatic heterocycles. The standard InChI is InChI=1S/C15H14N4OS/c1-15(2,20)13-4-3-12(21-13)14-17-10-5-8-7-16-19-9(8)6-11(10)18-14/h3-7,16,19-20H,1-2H3. The van der Waals surface area contributed by atoms with Crippen molar-refractivity contribution in [2.24, 2.45) is 0 Å². The highest BCUT2D eigenvalue weighted by Crippen LogP contribution is 2.33. The number of nitrogens with one attached hydrogen (secondary N) is 2. The number of benzene rings is 1. The van der Waals surface area contributed by atoms with Gasteiger partial charge in [0.15, 0.2) is 5.82 Å². The molecule has 0 amide bonds. The summed E-state index contributed by atoms with van der Waals surface area (Å²) in [6.45, 7) is 3.56. The minimum Gasteiger partial charge on any atom is -0.385 e. The molecule has 0 saturated carbocycles. The minimum atomic E-state index is -0.833. The maximum absolute atomic E-state index is 10.1. The average Bonchev–Trinajstić information content (AvgIpc) is 3.12. The van der Waals surface area contributed by atoms with E-state index in [1.165, 1.54) is 11.3 Å². The molecule has 0 aliphatic carbocycles. The van der Waals surface area contributed by atoms with E-state index in [4.69, 9.17) is 0 Å². The van der Waals surface area contributed by atoms with Crippen molar-refractivity contribution in [1.82, 2.24) is 20.2 Å². The lowest BCUT2D eigenvalue weighted by Crippen LogP contribution is -2.12. The fourth-order valence-electron chi connectivity index (χ4n) is 2.34. The van der Waals surface area contributed by atoms with Crippen molar-refractivity contribution in [1.29, 1.82) is 0 Å². The zero-order chi connectivity index (χ0) is 14.6. The second-order valence-corrected chi connectivity index (χ2v) is 6.70. The van der Waals surface area contributed by atoms with Crippen molar-refractivity contribution in [3.8, 4) is 10.7 Å². The van der Waals surface area contributed by atoms with Gasteiger partial charge in [-0.2, -0.15) is 0 Å². The van der Waals surface area contributed by atoms with Gasteiger partial charge >= 0.3 is 0 Å². The molecule has 3 aromatic heterocycles. The molecule has 0 radical (unpaired) electrons. The van der Waals surface area contributed by atoms with Gasteiger partial charge in [-0.1, -0.05) is 0 Å². The van der Waals surface area contributed by atoms with E-state index >= 15 is 0 Å². The summed E-state index contributed by atoms with van der Waals surface area (Å²) in [7, 11) is 0. The average molecular weight is 298 g/mol. The van der Waals surface area contributed by atoms with Crippen molar-refractivity contribution in [3.63, 3.8) is 0 Å². The number of H-pyrrole nitrogens is 2. The molecule has 106 valence electrons. The van der Waals surface area contributed by atoms with Crippen LogP contribution in [0.2, 0.25) is 0 Å². The molecule has 0 fully saturated rings. The van der Waals surface area contributed by atoms with E-state index in [0.29, 0.717) is 5.82 Å². The van der Waals surface area contributed by atoms with Crippen LogP contribution >= 0.6 is 11.3 Å². The topological polar surface area (TPSA) is 77.6 Å². The van der Waals surface area contributed by atoms with Crippen LogP contribution in [0.3, 0.4) is 0 Å². The van der Waals surface area contributed by atoms with Gasteiger partial charge in [0, 0.05) is 16.5 Å². The van der Waals surface area contributed by atoms with Crippen LogP contribution in [-0.4, -0.2) is 25.3 Å². The normalized spacial score (nSPS) is 12.5. The Hall–Kier alpha value is -2.18. The van der Waals surface area contributed by atoms with Gasteiger partial charge in [0.25, 0.3) is 0 Å². The molecule has 3 heterocycles. The van der Waals surface area contributed by atoms with Crippen LogP contribution in [0, 0.1) is 0 Å². The molecule has 21 heavy (non-hydrogen) atoms. The number of nitrogens with zero attached hydrogens (tertiary/aromatic N) is 2. The van der Waals surface area contributed by atoms with Crippen molar-refractivity contribution < 1.29 is 5.11 Å². The van der Waals surface area contributed by atoms with Crippen LogP contribution in [-0.2, 0) is 5.60 Å². The first kappa shape index (κ1) is 12.6. The molecule has 0 unspecified atom stereocenters. The summed E-state index contributed by atoms with van der Waals surface area (Å²) in [5, 5.41) is 17.2. The molecule has 4 aromatic rings. The lowest BCUT2D eigenvalue weighted by molar-refractivity contribution is 0.0825. The maximum atomic E-state index is 10.1. The lowest BCUT2D eigenvalue weighted by atomic mass is 10.1. The first-order valence-electron chi connectivity index (χ1n) is 6.67. The van der Waals surface area contributed by atoms with Gasteiger partial charge in [-0.05, 0) is 38.1 Å². The zero-order valence-electron chi connectivity index (χ0n) is 11.6. The Labute approximate surface area is 124 Å². The van der Waals surface area contributed by atoms with E-state index in [1.807, 2.05) is 30.5 Å². The van der Waals surface area contributed by atoms with Gasteiger partial charge in [0.2, 0.25) is 0 Å². The van der Waals surface area contributed by atoms with Crippen molar-refractivity contribution in [2.45, 2.75) is 19.4 Å². The Balaban J connectivity index is 1.84. The van der Waals surface area contributed by atoms with Gasteiger partial charge < -0.3 is 15.3 Å². The van der Waals surface area contributed by atoms with Crippen molar-refractivity contribution >= 4 is 33.3 Å². The highest BCUT2D eigenvalue weighted by molar-refractivity contribution is 7.15. The number of fused-ring (bicyclic) bond motifs is 2. The Morgan fingerprint density at radius 3 is 2.62 bits per heavy atom. The molecule has 4 rings (SSSR count). The van der Waals surface area contributed by atoms with Gasteiger partial charge in [0.05, 0.1) is 27.0 Å². The van der Waals surface area contributed by atoms with Crippen LogP contribution in [0.4, 0.5) is 0 Å². The predicted octanol–water partition coefficient (Wildman–Crippen LogP) is 3.40. The SMILES string of the molecule is CC(C)(O)c1ccc(-c2nc3cc4c[nH][nH]c4cc3n2)s1. The summed E-state index contributed by atoms with van der Waals surface area (Å²) in [6.07, 6.45) is 1.90. The number of imidazole rings is 1. The molecule has 0 spiro atoms. The van der Waals surface area contributed by atoms with E-state index < -0.39 is 5.60 Å². The Morgan fingerprint density at radius 2 is 1.90 bits per heavy atom. The third-order valence-corrected chi connectivity index (χ3v) is 4.86. The van der Waals surface area contributed by atoms with E-state index in [2.05, 4.69) is 20.2 Å². The van der Waals surface area contributed by atoms with E-state index in [1.54, 1.807) is 13.8 Å². The van der Waals surface area contributed by atoms with Gasteiger partial charge in [-0.25, -0.2) is 9.97 Å². The number of aromatic amines is 2. The number of hydrogen-bond acceptors (Lipinski definition) is 4. The quantitative estimate of drug-likeness (QED) is 0.531. The number of aliphatic hydroxyl groups is 1. The van der Waals surface area contributed by atoms with E-state index in [0.717, 1.165) is 31.7 Å². The lowest BCUT2D eigenvalue weighted by Gasteiger charge is -2.13. The van der Waals surface area contributed by atoms with Crippen LogP contribution in [0.5, 0.6) is 0 Å². The third kappa shape index (κ3) is 2.03. The number of rotatable bonds is 2. The minimum absolute atomic E-state index is 0.710. The predicted molar refractivity (Wildman–Crippen MR) is 84.3 cm³/mol. The molecular formula is C15H14N4OS. The third-order valence-electron chi connectivity index (χ3n) is 3.46. The first-order chi connectivity index (χ1) is 10.0. The van der Waals surface area contributed by atoms with Crippen LogP contribution in [0.15, 0.2) is 30.5 Å².